The van der Waals surface area contributed by atoms with Crippen LogP contribution in [0.5, 0.6) is 0 Å². The number of anilines is 1. The van der Waals surface area contributed by atoms with Crippen molar-refractivity contribution < 1.29 is 18.0 Å². The fourth-order valence-corrected chi connectivity index (χ4v) is 3.67. The van der Waals surface area contributed by atoms with Gasteiger partial charge in [-0.25, -0.2) is 0 Å². The summed E-state index contributed by atoms with van der Waals surface area (Å²) in [6.07, 6.45) is -2.78. The van der Waals surface area contributed by atoms with Crippen molar-refractivity contribution in [2.45, 2.75) is 51.7 Å². The lowest BCUT2D eigenvalue weighted by Crippen LogP contribution is -2.17. The summed E-state index contributed by atoms with van der Waals surface area (Å²) in [5.41, 5.74) is 2.29. The molecule has 140 valence electrons. The average molecular weight is 430 g/mol. The summed E-state index contributed by atoms with van der Waals surface area (Å²) < 4.78 is 40.7. The molecule has 1 aliphatic rings. The molecule has 1 aromatic carbocycles. The van der Waals surface area contributed by atoms with Crippen molar-refractivity contribution >= 4 is 27.5 Å². The fraction of sp³-hybridized carbons (Fsp3) is 0.444. The highest BCUT2D eigenvalue weighted by Crippen LogP contribution is 2.47. The second-order valence-corrected chi connectivity index (χ2v) is 7.45. The summed E-state index contributed by atoms with van der Waals surface area (Å²) in [5.74, 6) is -0.171. The highest BCUT2D eigenvalue weighted by molar-refractivity contribution is 9.10. The Kier molecular flexibility index (Phi) is 5.14. The molecule has 0 unspecified atom stereocenters. The summed E-state index contributed by atoms with van der Waals surface area (Å²) in [6, 6.07) is 5.73. The van der Waals surface area contributed by atoms with Crippen molar-refractivity contribution in [1.82, 2.24) is 9.78 Å². The van der Waals surface area contributed by atoms with E-state index in [2.05, 4.69) is 26.3 Å². The van der Waals surface area contributed by atoms with Crippen LogP contribution in [0.25, 0.3) is 0 Å². The van der Waals surface area contributed by atoms with Crippen LogP contribution in [-0.2, 0) is 17.5 Å². The van der Waals surface area contributed by atoms with Crippen molar-refractivity contribution in [1.29, 1.82) is 0 Å². The summed E-state index contributed by atoms with van der Waals surface area (Å²) in [7, 11) is 0. The molecule has 0 spiro atoms. The van der Waals surface area contributed by atoms with Crippen LogP contribution in [0.2, 0.25) is 0 Å². The molecule has 1 aromatic heterocycles. The van der Waals surface area contributed by atoms with E-state index in [-0.39, 0.29) is 29.3 Å². The molecule has 1 aliphatic carbocycles. The highest BCUT2D eigenvalue weighted by Gasteiger charge is 2.41. The number of nitrogens with one attached hydrogen (secondary N) is 1. The molecule has 0 saturated heterocycles. The number of aromatic nitrogens is 2. The Morgan fingerprint density at radius 1 is 1.35 bits per heavy atom. The van der Waals surface area contributed by atoms with Crippen molar-refractivity contribution in [3.05, 3.63) is 45.2 Å². The van der Waals surface area contributed by atoms with E-state index >= 15 is 0 Å². The summed E-state index contributed by atoms with van der Waals surface area (Å²) in [5, 5.41) is 6.54. The van der Waals surface area contributed by atoms with Crippen molar-refractivity contribution in [3.8, 4) is 0 Å². The number of hydrogen-bond donors (Lipinski definition) is 1. The van der Waals surface area contributed by atoms with Crippen LogP contribution in [0.3, 0.4) is 0 Å². The minimum atomic E-state index is -4.52. The predicted molar refractivity (Wildman–Crippen MR) is 96.1 cm³/mol. The molecule has 0 aliphatic heterocycles. The number of benzene rings is 1. The molecule has 0 atom stereocenters. The number of rotatable bonds is 5. The molecule has 26 heavy (non-hydrogen) atoms. The van der Waals surface area contributed by atoms with E-state index in [1.54, 1.807) is 0 Å². The number of nitrogens with zero attached hydrogens (tertiary/aromatic N) is 2. The van der Waals surface area contributed by atoms with Gasteiger partial charge in [-0.2, -0.15) is 18.3 Å². The van der Waals surface area contributed by atoms with E-state index in [1.807, 2.05) is 32.0 Å². The lowest BCUT2D eigenvalue weighted by molar-refractivity contribution is -0.142. The smallest absolute Gasteiger partial charge is 0.326 e. The average Bonchev–Trinajstić information content (AvgIpc) is 3.31. The van der Waals surface area contributed by atoms with Gasteiger partial charge in [-0.05, 0) is 59.8 Å². The van der Waals surface area contributed by atoms with Crippen LogP contribution in [0.15, 0.2) is 22.7 Å². The van der Waals surface area contributed by atoms with Gasteiger partial charge in [0.15, 0.2) is 5.69 Å². The van der Waals surface area contributed by atoms with Crippen molar-refractivity contribution in [2.75, 3.05) is 5.32 Å². The first-order valence-electron chi connectivity index (χ1n) is 8.37. The molecule has 1 heterocycles. The first-order valence-corrected chi connectivity index (χ1v) is 9.16. The maximum atomic E-state index is 13.1. The van der Waals surface area contributed by atoms with Crippen LogP contribution >= 0.6 is 15.9 Å². The lowest BCUT2D eigenvalue weighted by Gasteiger charge is -2.10. The van der Waals surface area contributed by atoms with E-state index in [9.17, 15) is 18.0 Å². The monoisotopic (exact) mass is 429 g/mol. The Morgan fingerprint density at radius 3 is 2.65 bits per heavy atom. The predicted octanol–water partition coefficient (Wildman–Crippen LogP) is 5.19. The summed E-state index contributed by atoms with van der Waals surface area (Å²) in [6.45, 7) is 3.93. The second-order valence-electron chi connectivity index (χ2n) is 6.66. The molecule has 1 saturated carbocycles. The lowest BCUT2D eigenvalue weighted by atomic mass is 10.1. The van der Waals surface area contributed by atoms with Crippen molar-refractivity contribution in [2.24, 2.45) is 0 Å². The summed E-state index contributed by atoms with van der Waals surface area (Å²) in [4.78, 5) is 12.2. The zero-order chi connectivity index (χ0) is 19.1. The summed E-state index contributed by atoms with van der Waals surface area (Å²) >= 11 is 3.05. The van der Waals surface area contributed by atoms with Gasteiger partial charge < -0.3 is 5.32 Å². The molecule has 1 N–H and O–H groups in total. The van der Waals surface area contributed by atoms with Crippen LogP contribution in [0.1, 0.15) is 47.7 Å². The fourth-order valence-electron chi connectivity index (χ4n) is 2.84. The minimum absolute atomic E-state index is 0.00226. The number of halogens is 4. The van der Waals surface area contributed by atoms with Gasteiger partial charge in [0.2, 0.25) is 5.91 Å². The Morgan fingerprint density at radius 2 is 2.04 bits per heavy atom. The Labute approximate surface area is 157 Å². The topological polar surface area (TPSA) is 46.9 Å². The number of hydrogen-bond acceptors (Lipinski definition) is 2. The first-order chi connectivity index (χ1) is 12.2. The molecule has 2 aromatic rings. The number of carbonyl (C=O) groups excluding carboxylic acids is 1. The van der Waals surface area contributed by atoms with E-state index in [1.165, 1.54) is 4.68 Å². The molecule has 0 bridgehead atoms. The number of amides is 1. The largest absolute Gasteiger partial charge is 0.436 e. The Hall–Kier alpha value is -1.83. The van der Waals surface area contributed by atoms with E-state index in [4.69, 9.17) is 0 Å². The highest BCUT2D eigenvalue weighted by atomic mass is 79.9. The van der Waals surface area contributed by atoms with E-state index in [0.717, 1.165) is 29.7 Å². The molecule has 3 rings (SSSR count). The van der Waals surface area contributed by atoms with Crippen LogP contribution in [0, 0.1) is 13.8 Å². The van der Waals surface area contributed by atoms with Gasteiger partial charge >= 0.3 is 6.18 Å². The normalized spacial score (nSPS) is 14.5. The van der Waals surface area contributed by atoms with Gasteiger partial charge in [0, 0.05) is 18.0 Å². The molecule has 8 heteroatoms. The van der Waals surface area contributed by atoms with Gasteiger partial charge in [0.05, 0.1) is 16.7 Å². The van der Waals surface area contributed by atoms with Gasteiger partial charge in [-0.3, -0.25) is 9.48 Å². The quantitative estimate of drug-likeness (QED) is 0.710. The zero-order valence-corrected chi connectivity index (χ0v) is 16.0. The van der Waals surface area contributed by atoms with Crippen LogP contribution in [-0.4, -0.2) is 15.7 Å². The Balaban J connectivity index is 1.73. The van der Waals surface area contributed by atoms with Gasteiger partial charge in [-0.1, -0.05) is 12.1 Å². The zero-order valence-electron chi connectivity index (χ0n) is 14.5. The van der Waals surface area contributed by atoms with Crippen molar-refractivity contribution in [3.63, 3.8) is 0 Å². The SMILES string of the molecule is Cc1ccc(C)c(NC(=O)CCn2nc(C(F)(F)F)c(Br)c2C2CC2)c1. The second kappa shape index (κ2) is 7.06. The van der Waals surface area contributed by atoms with E-state index in [0.29, 0.717) is 5.69 Å². The molecule has 4 nitrogen and oxygen atoms in total. The molecular weight excluding hydrogens is 411 g/mol. The number of carbonyl (C=O) groups is 1. The van der Waals surface area contributed by atoms with Gasteiger partial charge in [-0.15, -0.1) is 0 Å². The third-order valence-corrected chi connectivity index (χ3v) is 5.16. The van der Waals surface area contributed by atoms with Gasteiger partial charge in [0.25, 0.3) is 0 Å². The molecular formula is C18H19BrF3N3O. The minimum Gasteiger partial charge on any atom is -0.326 e. The maximum Gasteiger partial charge on any atom is 0.436 e. The third-order valence-electron chi connectivity index (χ3n) is 4.38. The first kappa shape index (κ1) is 18.9. The maximum absolute atomic E-state index is 13.1. The van der Waals surface area contributed by atoms with E-state index < -0.39 is 11.9 Å². The molecule has 0 radical (unpaired) electrons. The standard InChI is InChI=1S/C18H19BrF3N3O/c1-10-3-4-11(2)13(9-10)23-14(26)7-8-25-16(12-5-6-12)15(19)17(24-25)18(20,21)22/h3-4,9,12H,5-8H2,1-2H3,(H,23,26). The third kappa shape index (κ3) is 4.11. The van der Waals surface area contributed by atoms with Crippen LogP contribution in [0.4, 0.5) is 18.9 Å². The molecule has 1 amide bonds. The van der Waals surface area contributed by atoms with Gasteiger partial charge in [0.1, 0.15) is 0 Å². The van der Waals surface area contributed by atoms with Crippen LogP contribution < -0.4 is 5.32 Å². The Bertz CT molecular complexity index is 841. The molecule has 1 fully saturated rings. The number of aryl methyl sites for hydroxylation is 3. The number of alkyl halides is 3.